The molecular weight excluding hydrogens is 343 g/mol. The minimum atomic E-state index is -0.854. The number of nitrogens with one attached hydrogen (secondary N) is 1. The van der Waals surface area contributed by atoms with Gasteiger partial charge in [-0.2, -0.15) is 0 Å². The second-order valence-electron chi connectivity index (χ2n) is 4.86. The fourth-order valence-electron chi connectivity index (χ4n) is 2.20. The highest BCUT2D eigenvalue weighted by Crippen LogP contribution is 2.22. The lowest BCUT2D eigenvalue weighted by molar-refractivity contribution is 0.502. The largest absolute Gasteiger partial charge is 0.316 e. The molecule has 0 amide bonds. The van der Waals surface area contributed by atoms with Crippen LogP contribution in [0.4, 0.5) is 13.2 Å². The van der Waals surface area contributed by atoms with Crippen LogP contribution in [0.2, 0.25) is 0 Å². The molecule has 0 fully saturated rings. The Balaban J connectivity index is 2.13. The Hall–Kier alpha value is -1.33. The number of rotatable bonds is 5. The van der Waals surface area contributed by atoms with E-state index in [1.807, 2.05) is 6.07 Å². The maximum absolute atomic E-state index is 13.5. The zero-order chi connectivity index (χ0) is 15.4. The molecule has 0 spiro atoms. The summed E-state index contributed by atoms with van der Waals surface area (Å²) in [6.07, 6.45) is 1.10. The average Bonchev–Trinajstić information content (AvgIpc) is 2.47. The maximum Gasteiger partial charge on any atom is 0.159 e. The molecule has 1 nitrogen and oxygen atoms in total. The van der Waals surface area contributed by atoms with Gasteiger partial charge in [0.05, 0.1) is 4.47 Å². The summed E-state index contributed by atoms with van der Waals surface area (Å²) < 4.78 is 40.1. The molecule has 2 aromatic rings. The van der Waals surface area contributed by atoms with E-state index in [4.69, 9.17) is 0 Å². The van der Waals surface area contributed by atoms with E-state index in [0.717, 1.165) is 11.6 Å². The smallest absolute Gasteiger partial charge is 0.159 e. The van der Waals surface area contributed by atoms with Crippen molar-refractivity contribution in [1.29, 1.82) is 0 Å². The van der Waals surface area contributed by atoms with Crippen LogP contribution in [-0.2, 0) is 12.8 Å². The van der Waals surface area contributed by atoms with Crippen molar-refractivity contribution in [2.24, 2.45) is 0 Å². The number of benzene rings is 2. The van der Waals surface area contributed by atoms with Gasteiger partial charge in [-0.05, 0) is 65.1 Å². The standard InChI is InChI=1S/C16H15BrF3N/c1-21-12(7-10-5-6-13(18)15(20)8-10)9-11-3-2-4-14(19)16(11)17/h2-6,8,12,21H,7,9H2,1H3. The van der Waals surface area contributed by atoms with E-state index in [-0.39, 0.29) is 11.9 Å². The Morgan fingerprint density at radius 3 is 2.43 bits per heavy atom. The van der Waals surface area contributed by atoms with Gasteiger partial charge in [-0.25, -0.2) is 13.2 Å². The Morgan fingerprint density at radius 2 is 1.76 bits per heavy atom. The molecule has 5 heteroatoms. The summed E-state index contributed by atoms with van der Waals surface area (Å²) in [5, 5.41) is 3.12. The van der Waals surface area contributed by atoms with Crippen LogP contribution in [0.15, 0.2) is 40.9 Å². The maximum atomic E-state index is 13.5. The fourth-order valence-corrected chi connectivity index (χ4v) is 2.63. The summed E-state index contributed by atoms with van der Waals surface area (Å²) in [6.45, 7) is 0. The molecule has 0 saturated carbocycles. The average molecular weight is 358 g/mol. The van der Waals surface area contributed by atoms with Crippen molar-refractivity contribution in [3.8, 4) is 0 Å². The highest BCUT2D eigenvalue weighted by molar-refractivity contribution is 9.10. The second kappa shape index (κ2) is 7.09. The van der Waals surface area contributed by atoms with Crippen molar-refractivity contribution in [3.63, 3.8) is 0 Å². The van der Waals surface area contributed by atoms with Crippen molar-refractivity contribution >= 4 is 15.9 Å². The molecule has 112 valence electrons. The molecule has 1 unspecified atom stereocenters. The van der Waals surface area contributed by atoms with E-state index in [1.54, 1.807) is 19.2 Å². The van der Waals surface area contributed by atoms with Gasteiger partial charge in [0.25, 0.3) is 0 Å². The first-order valence-electron chi connectivity index (χ1n) is 6.55. The van der Waals surface area contributed by atoms with E-state index < -0.39 is 11.6 Å². The quantitative estimate of drug-likeness (QED) is 0.843. The van der Waals surface area contributed by atoms with Crippen LogP contribution in [0.25, 0.3) is 0 Å². The molecule has 1 N–H and O–H groups in total. The number of likely N-dealkylation sites (N-methyl/N-ethyl adjacent to an activating group) is 1. The van der Waals surface area contributed by atoms with Gasteiger partial charge < -0.3 is 5.32 Å². The van der Waals surface area contributed by atoms with Crippen molar-refractivity contribution in [2.75, 3.05) is 7.05 Å². The molecule has 0 heterocycles. The van der Waals surface area contributed by atoms with Crippen molar-refractivity contribution in [2.45, 2.75) is 18.9 Å². The van der Waals surface area contributed by atoms with Gasteiger partial charge in [0.1, 0.15) is 5.82 Å². The molecule has 2 aromatic carbocycles. The topological polar surface area (TPSA) is 12.0 Å². The van der Waals surface area contributed by atoms with Gasteiger partial charge in [-0.15, -0.1) is 0 Å². The lowest BCUT2D eigenvalue weighted by Gasteiger charge is -2.17. The van der Waals surface area contributed by atoms with Crippen LogP contribution >= 0.6 is 15.9 Å². The van der Waals surface area contributed by atoms with Crippen LogP contribution < -0.4 is 5.32 Å². The summed E-state index contributed by atoms with van der Waals surface area (Å²) >= 11 is 3.23. The first kappa shape index (κ1) is 16.0. The number of halogens is 4. The molecule has 0 bridgehead atoms. The monoisotopic (exact) mass is 357 g/mol. The third-order valence-electron chi connectivity index (χ3n) is 3.37. The lowest BCUT2D eigenvalue weighted by atomic mass is 9.99. The molecule has 0 saturated heterocycles. The Labute approximate surface area is 130 Å². The molecule has 0 aliphatic heterocycles. The third-order valence-corrected chi connectivity index (χ3v) is 4.26. The van der Waals surface area contributed by atoms with E-state index >= 15 is 0 Å². The Kier molecular flexibility index (Phi) is 5.42. The van der Waals surface area contributed by atoms with Crippen molar-refractivity contribution in [1.82, 2.24) is 5.32 Å². The van der Waals surface area contributed by atoms with E-state index in [9.17, 15) is 13.2 Å². The predicted molar refractivity (Wildman–Crippen MR) is 80.7 cm³/mol. The molecule has 21 heavy (non-hydrogen) atoms. The van der Waals surface area contributed by atoms with Gasteiger partial charge in [0.2, 0.25) is 0 Å². The van der Waals surface area contributed by atoms with Gasteiger partial charge >= 0.3 is 0 Å². The Morgan fingerprint density at radius 1 is 1.00 bits per heavy atom. The number of hydrogen-bond acceptors (Lipinski definition) is 1. The van der Waals surface area contributed by atoms with Gasteiger partial charge in [-0.3, -0.25) is 0 Å². The van der Waals surface area contributed by atoms with Gasteiger partial charge in [0.15, 0.2) is 11.6 Å². The normalized spacial score (nSPS) is 12.4. The Bertz CT molecular complexity index is 631. The van der Waals surface area contributed by atoms with E-state index in [0.29, 0.717) is 22.9 Å². The third kappa shape index (κ3) is 4.08. The van der Waals surface area contributed by atoms with E-state index in [1.165, 1.54) is 12.1 Å². The minimum absolute atomic E-state index is 0.00652. The van der Waals surface area contributed by atoms with Gasteiger partial charge in [0, 0.05) is 6.04 Å². The first-order valence-corrected chi connectivity index (χ1v) is 7.34. The summed E-state index contributed by atoms with van der Waals surface area (Å²) in [5.41, 5.74) is 1.53. The zero-order valence-electron chi connectivity index (χ0n) is 11.5. The number of hydrogen-bond donors (Lipinski definition) is 1. The molecule has 0 aliphatic rings. The van der Waals surface area contributed by atoms with Crippen molar-refractivity contribution < 1.29 is 13.2 Å². The highest BCUT2D eigenvalue weighted by atomic mass is 79.9. The zero-order valence-corrected chi connectivity index (χ0v) is 13.1. The molecule has 2 rings (SSSR count). The predicted octanol–water partition coefficient (Wildman–Crippen LogP) is 4.24. The molecular formula is C16H15BrF3N. The fraction of sp³-hybridized carbons (Fsp3) is 0.250. The molecule has 0 radical (unpaired) electrons. The lowest BCUT2D eigenvalue weighted by Crippen LogP contribution is -2.30. The summed E-state index contributed by atoms with van der Waals surface area (Å²) in [6, 6.07) is 8.74. The second-order valence-corrected chi connectivity index (χ2v) is 5.65. The van der Waals surface area contributed by atoms with E-state index in [2.05, 4.69) is 21.2 Å². The SMILES string of the molecule is CNC(Cc1ccc(F)c(F)c1)Cc1cccc(F)c1Br. The highest BCUT2D eigenvalue weighted by Gasteiger charge is 2.13. The minimum Gasteiger partial charge on any atom is -0.316 e. The van der Waals surface area contributed by atoms with Crippen LogP contribution in [-0.4, -0.2) is 13.1 Å². The van der Waals surface area contributed by atoms with Gasteiger partial charge in [-0.1, -0.05) is 18.2 Å². The van der Waals surface area contributed by atoms with Crippen LogP contribution in [0, 0.1) is 17.5 Å². The molecule has 1 atom stereocenters. The van der Waals surface area contributed by atoms with Crippen LogP contribution in [0.1, 0.15) is 11.1 Å². The first-order chi connectivity index (χ1) is 10.0. The summed E-state index contributed by atoms with van der Waals surface area (Å²) in [7, 11) is 1.79. The van der Waals surface area contributed by atoms with Crippen LogP contribution in [0.3, 0.4) is 0 Å². The molecule has 0 aliphatic carbocycles. The summed E-state index contributed by atoms with van der Waals surface area (Å²) in [5.74, 6) is -2.02. The van der Waals surface area contributed by atoms with Crippen LogP contribution in [0.5, 0.6) is 0 Å². The summed E-state index contributed by atoms with van der Waals surface area (Å²) in [4.78, 5) is 0. The molecule has 0 aromatic heterocycles. The van der Waals surface area contributed by atoms with Crippen molar-refractivity contribution in [3.05, 3.63) is 69.4 Å².